The molecule has 3 fully saturated rings. The van der Waals surface area contributed by atoms with Gasteiger partial charge in [-0.3, -0.25) is 4.79 Å². The summed E-state index contributed by atoms with van der Waals surface area (Å²) < 4.78 is 40.0. The summed E-state index contributed by atoms with van der Waals surface area (Å²) in [5.74, 6) is -0.954. The van der Waals surface area contributed by atoms with Crippen LogP contribution in [0.25, 0.3) is 0 Å². The van der Waals surface area contributed by atoms with Gasteiger partial charge in [0.1, 0.15) is 17.2 Å². The Morgan fingerprint density at radius 2 is 1.77 bits per heavy atom. The van der Waals surface area contributed by atoms with Crippen molar-refractivity contribution in [3.05, 3.63) is 71.8 Å². The van der Waals surface area contributed by atoms with Crippen molar-refractivity contribution < 1.29 is 27.6 Å². The van der Waals surface area contributed by atoms with Gasteiger partial charge in [-0.1, -0.05) is 18.2 Å². The van der Waals surface area contributed by atoms with Gasteiger partial charge in [0, 0.05) is 62.5 Å². The van der Waals surface area contributed by atoms with Crippen LogP contribution in [-0.2, 0) is 4.74 Å². The van der Waals surface area contributed by atoms with E-state index >= 15 is 0 Å². The maximum atomic E-state index is 14.9. The van der Waals surface area contributed by atoms with E-state index in [9.17, 15) is 18.4 Å². The highest BCUT2D eigenvalue weighted by atomic mass is 19.1. The minimum Gasteiger partial charge on any atom is -0.444 e. The van der Waals surface area contributed by atoms with Crippen LogP contribution in [0.3, 0.4) is 0 Å². The first-order valence-electron chi connectivity index (χ1n) is 16.5. The third kappa shape index (κ3) is 7.42. The predicted octanol–water partition coefficient (Wildman–Crippen LogP) is 5.20. The molecule has 0 spiro atoms. The van der Waals surface area contributed by atoms with Crippen LogP contribution in [0.2, 0.25) is 0 Å². The Balaban J connectivity index is 1.13. The molecule has 14 heteroatoms. The largest absolute Gasteiger partial charge is 0.444 e. The number of allylic oxidation sites excluding steroid dienone is 1. The zero-order chi connectivity index (χ0) is 34.2. The van der Waals surface area contributed by atoms with Crippen LogP contribution in [0, 0.1) is 11.6 Å². The molecule has 3 aromatic rings. The van der Waals surface area contributed by atoms with Gasteiger partial charge >= 0.3 is 12.1 Å². The molecule has 1 aromatic carbocycles. The van der Waals surface area contributed by atoms with Crippen molar-refractivity contribution in [1.82, 2.24) is 30.3 Å². The monoisotopic (exact) mass is 664 g/mol. The Morgan fingerprint density at radius 1 is 1.08 bits per heavy atom. The number of rotatable bonds is 9. The number of amides is 2. The second-order valence-corrected chi connectivity index (χ2v) is 13.8. The van der Waals surface area contributed by atoms with Crippen LogP contribution in [-0.4, -0.2) is 86.9 Å². The molecule has 256 valence electrons. The zero-order valence-corrected chi connectivity index (χ0v) is 27.7. The smallest absolute Gasteiger partial charge is 0.407 e. The molecular weight excluding hydrogens is 622 g/mol. The van der Waals surface area contributed by atoms with Crippen LogP contribution in [0.4, 0.5) is 25.5 Å². The van der Waals surface area contributed by atoms with Gasteiger partial charge in [-0.05, 0) is 70.2 Å². The lowest BCUT2D eigenvalue weighted by molar-refractivity contribution is 0.0503. The number of hydrogen-bond acceptors (Lipinski definition) is 10. The Morgan fingerprint density at radius 3 is 2.42 bits per heavy atom. The van der Waals surface area contributed by atoms with Gasteiger partial charge in [-0.2, -0.15) is 4.98 Å². The number of carbonyl (C=O) groups is 2. The van der Waals surface area contributed by atoms with Crippen LogP contribution in [0.5, 0.6) is 0 Å². The average molecular weight is 665 g/mol. The molecule has 2 amide bonds. The molecular formula is C34H42F2N8O4. The lowest BCUT2D eigenvalue weighted by Gasteiger charge is -2.38. The van der Waals surface area contributed by atoms with Gasteiger partial charge in [-0.25, -0.2) is 23.5 Å². The first-order valence-corrected chi connectivity index (χ1v) is 16.5. The Kier molecular flexibility index (Phi) is 9.35. The highest BCUT2D eigenvalue weighted by Crippen LogP contribution is 2.35. The molecule has 0 bridgehead atoms. The normalized spacial score (nSPS) is 20.8. The van der Waals surface area contributed by atoms with E-state index in [1.165, 1.54) is 12.4 Å². The van der Waals surface area contributed by atoms with Crippen LogP contribution < -0.4 is 15.1 Å². The van der Waals surface area contributed by atoms with E-state index in [1.54, 1.807) is 31.7 Å². The fourth-order valence-electron chi connectivity index (χ4n) is 6.39. The highest BCUT2D eigenvalue weighted by molar-refractivity contribution is 5.94. The summed E-state index contributed by atoms with van der Waals surface area (Å²) >= 11 is 0. The molecule has 4 heterocycles. The molecule has 3 unspecified atom stereocenters. The second-order valence-electron chi connectivity index (χ2n) is 13.8. The van der Waals surface area contributed by atoms with E-state index in [0.717, 1.165) is 43.9 Å². The first kappa shape index (κ1) is 33.3. The minimum absolute atomic E-state index is 0.00437. The van der Waals surface area contributed by atoms with E-state index in [-0.39, 0.29) is 42.6 Å². The number of anilines is 2. The van der Waals surface area contributed by atoms with Crippen molar-refractivity contribution in [2.45, 2.75) is 88.9 Å². The van der Waals surface area contributed by atoms with E-state index in [1.807, 2.05) is 11.8 Å². The number of halogens is 2. The van der Waals surface area contributed by atoms with E-state index in [0.29, 0.717) is 36.4 Å². The molecule has 2 aromatic heterocycles. The molecule has 2 saturated heterocycles. The van der Waals surface area contributed by atoms with Crippen LogP contribution in [0.1, 0.15) is 87.0 Å². The van der Waals surface area contributed by atoms with Gasteiger partial charge < -0.3 is 29.3 Å². The lowest BCUT2D eigenvalue weighted by Crippen LogP contribution is -2.48. The summed E-state index contributed by atoms with van der Waals surface area (Å²) in [6.07, 6.45) is 7.57. The van der Waals surface area contributed by atoms with Gasteiger partial charge in [0.2, 0.25) is 5.95 Å². The van der Waals surface area contributed by atoms with Crippen molar-refractivity contribution in [2.75, 3.05) is 36.0 Å². The topological polar surface area (TPSA) is 130 Å². The maximum Gasteiger partial charge on any atom is 0.407 e. The quantitative estimate of drug-likeness (QED) is 0.305. The third-order valence-corrected chi connectivity index (χ3v) is 9.04. The SMILES string of the molecule is C=CC(C)c1noc(N2CCC(N(C(=O)c3cnc(N4CC(NC(=O)OC(C)(C)C)C(c5cc(F)ccc5F)C4)nc3)C3CC3)CC2)n1. The van der Waals surface area contributed by atoms with Gasteiger partial charge in [0.05, 0.1) is 11.6 Å². The molecule has 12 nitrogen and oxygen atoms in total. The summed E-state index contributed by atoms with van der Waals surface area (Å²) in [5, 5.41) is 6.90. The highest BCUT2D eigenvalue weighted by Gasteiger charge is 2.41. The number of benzene rings is 1. The standard InChI is InChI=1S/C34H42F2N8O4/c1-6-20(2)29-40-32(48-41-29)42-13-11-24(12-14-42)44(23-8-9-23)30(45)21-16-37-31(38-17-21)43-18-26(25-15-22(35)7-10-27(25)36)28(19-43)39-33(46)47-34(3,4)5/h6-7,10,15-17,20,23-24,26,28H,1,8-9,11-14,18-19H2,2-5H3,(H,39,46). The van der Waals surface area contributed by atoms with E-state index in [2.05, 4.69) is 36.9 Å². The fourth-order valence-corrected chi connectivity index (χ4v) is 6.39. The number of aromatic nitrogens is 4. The Hall–Kier alpha value is -4.62. The van der Waals surface area contributed by atoms with Crippen molar-refractivity contribution in [3.63, 3.8) is 0 Å². The Labute approximate surface area is 278 Å². The number of hydrogen-bond donors (Lipinski definition) is 1. The number of alkyl carbamates (subject to hydrolysis) is 1. The van der Waals surface area contributed by atoms with Gasteiger partial charge in [0.15, 0.2) is 5.82 Å². The molecule has 1 saturated carbocycles. The van der Waals surface area contributed by atoms with E-state index < -0.39 is 35.3 Å². The number of ether oxygens (including phenoxy) is 1. The van der Waals surface area contributed by atoms with E-state index in [4.69, 9.17) is 9.26 Å². The summed E-state index contributed by atoms with van der Waals surface area (Å²) in [7, 11) is 0. The summed E-state index contributed by atoms with van der Waals surface area (Å²) in [4.78, 5) is 45.9. The van der Waals surface area contributed by atoms with Crippen molar-refractivity contribution in [1.29, 1.82) is 0 Å². The van der Waals surface area contributed by atoms with Crippen molar-refractivity contribution in [2.24, 2.45) is 0 Å². The summed E-state index contributed by atoms with van der Waals surface area (Å²) in [6.45, 7) is 12.8. The molecule has 1 N–H and O–H groups in total. The van der Waals surface area contributed by atoms with Crippen LogP contribution >= 0.6 is 0 Å². The molecule has 2 aliphatic heterocycles. The predicted molar refractivity (Wildman–Crippen MR) is 174 cm³/mol. The second kappa shape index (κ2) is 13.5. The average Bonchev–Trinajstić information content (AvgIpc) is 3.60. The fraction of sp³-hybridized carbons (Fsp3) is 0.529. The number of nitrogens with one attached hydrogen (secondary N) is 1. The molecule has 1 aliphatic carbocycles. The lowest BCUT2D eigenvalue weighted by atomic mass is 9.94. The van der Waals surface area contributed by atoms with Gasteiger partial charge in [-0.15, -0.1) is 6.58 Å². The summed E-state index contributed by atoms with van der Waals surface area (Å²) in [5.41, 5.74) is -0.216. The number of piperidine rings is 1. The number of nitrogens with zero attached hydrogens (tertiary/aromatic N) is 7. The third-order valence-electron chi connectivity index (χ3n) is 9.04. The van der Waals surface area contributed by atoms with Gasteiger partial charge in [0.25, 0.3) is 5.91 Å². The van der Waals surface area contributed by atoms with Crippen molar-refractivity contribution in [3.8, 4) is 0 Å². The maximum absolute atomic E-state index is 14.9. The first-order chi connectivity index (χ1) is 22.9. The van der Waals surface area contributed by atoms with Crippen LogP contribution in [0.15, 0.2) is 47.8 Å². The molecule has 6 rings (SSSR count). The molecule has 48 heavy (non-hydrogen) atoms. The number of carbonyl (C=O) groups excluding carboxylic acids is 2. The zero-order valence-electron chi connectivity index (χ0n) is 27.7. The molecule has 3 atom stereocenters. The molecule has 3 aliphatic rings. The van der Waals surface area contributed by atoms with Crippen molar-refractivity contribution >= 4 is 24.0 Å². The summed E-state index contributed by atoms with van der Waals surface area (Å²) in [6, 6.07) is 3.39. The Bertz CT molecular complexity index is 1630. The minimum atomic E-state index is -0.735. The molecule has 0 radical (unpaired) electrons.